The van der Waals surface area contributed by atoms with Crippen LogP contribution in [0.15, 0.2) is 45.3 Å². The van der Waals surface area contributed by atoms with Crippen LogP contribution in [0.25, 0.3) is 0 Å². The Labute approximate surface area is 170 Å². The Bertz CT molecular complexity index is 833. The quantitative estimate of drug-likeness (QED) is 0.475. The van der Waals surface area contributed by atoms with Gasteiger partial charge in [-0.1, -0.05) is 13.0 Å². The van der Waals surface area contributed by atoms with Crippen LogP contribution in [0.1, 0.15) is 24.0 Å². The largest absolute Gasteiger partial charge is 0.469 e. The lowest BCUT2D eigenvalue weighted by Crippen LogP contribution is -2.43. The molecule has 1 saturated heterocycles. The van der Waals surface area contributed by atoms with Gasteiger partial charge in [-0.2, -0.15) is 0 Å². The maximum absolute atomic E-state index is 12.3. The third-order valence-corrected chi connectivity index (χ3v) is 7.55. The second-order valence-electron chi connectivity index (χ2n) is 6.69. The summed E-state index contributed by atoms with van der Waals surface area (Å²) < 4.78 is 32.7. The maximum Gasteiger partial charge on any atom is 0.216 e. The van der Waals surface area contributed by atoms with E-state index >= 15 is 0 Å². The molecule has 1 aliphatic heterocycles. The van der Waals surface area contributed by atoms with Crippen molar-refractivity contribution in [3.8, 4) is 0 Å². The molecule has 7 nitrogen and oxygen atoms in total. The summed E-state index contributed by atoms with van der Waals surface area (Å²) in [6.07, 6.45) is 3.92. The highest BCUT2D eigenvalue weighted by atomic mass is 32.2. The average molecular weight is 425 g/mol. The highest BCUT2D eigenvalue weighted by Gasteiger charge is 2.33. The van der Waals surface area contributed by atoms with Crippen molar-refractivity contribution in [2.75, 3.05) is 32.7 Å². The second kappa shape index (κ2) is 10.1. The summed E-state index contributed by atoms with van der Waals surface area (Å²) in [5, 5.41) is 5.05. The first-order chi connectivity index (χ1) is 13.6. The summed E-state index contributed by atoms with van der Waals surface area (Å²) >= 11 is 1.73. The third-order valence-electron chi connectivity index (χ3n) is 4.66. The van der Waals surface area contributed by atoms with Gasteiger partial charge >= 0.3 is 0 Å². The zero-order valence-corrected chi connectivity index (χ0v) is 17.8. The second-order valence-corrected chi connectivity index (χ2v) is 9.77. The molecule has 154 valence electrons. The lowest BCUT2D eigenvalue weighted by atomic mass is 10.3. The van der Waals surface area contributed by atoms with E-state index < -0.39 is 15.3 Å². The van der Waals surface area contributed by atoms with E-state index in [-0.39, 0.29) is 0 Å². The van der Waals surface area contributed by atoms with Crippen molar-refractivity contribution < 1.29 is 12.8 Å². The summed E-state index contributed by atoms with van der Waals surface area (Å²) in [6, 6.07) is 7.98. The maximum atomic E-state index is 12.3. The van der Waals surface area contributed by atoms with Gasteiger partial charge in [-0.3, -0.25) is 4.99 Å². The molecule has 2 aromatic heterocycles. The number of rotatable bonds is 9. The van der Waals surface area contributed by atoms with Gasteiger partial charge in [0.2, 0.25) is 10.0 Å². The van der Waals surface area contributed by atoms with Gasteiger partial charge in [-0.05, 0) is 30.0 Å². The fraction of sp³-hybridized carbons (Fsp3) is 0.526. The SMILES string of the molecule is CCNS(=O)(=O)C1CCN(C(=NCCc2cccs2)NCCc2ccco2)C1. The molecular weight excluding hydrogens is 396 g/mol. The fourth-order valence-electron chi connectivity index (χ4n) is 3.24. The molecule has 0 spiro atoms. The van der Waals surface area contributed by atoms with Crippen LogP contribution in [0.3, 0.4) is 0 Å². The van der Waals surface area contributed by atoms with E-state index in [0.717, 1.165) is 24.6 Å². The molecule has 2 aromatic rings. The van der Waals surface area contributed by atoms with Crippen LogP contribution in [0.5, 0.6) is 0 Å². The van der Waals surface area contributed by atoms with E-state index in [0.29, 0.717) is 39.1 Å². The first kappa shape index (κ1) is 20.9. The molecule has 0 aromatic carbocycles. The van der Waals surface area contributed by atoms with Crippen molar-refractivity contribution >= 4 is 27.3 Å². The first-order valence-corrected chi connectivity index (χ1v) is 12.1. The normalized spacial score (nSPS) is 18.0. The zero-order valence-electron chi connectivity index (χ0n) is 16.1. The molecule has 0 bridgehead atoms. The Kier molecular flexibility index (Phi) is 7.52. The van der Waals surface area contributed by atoms with Crippen LogP contribution >= 0.6 is 11.3 Å². The average Bonchev–Trinajstić information content (AvgIpc) is 3.42. The van der Waals surface area contributed by atoms with Crippen molar-refractivity contribution in [1.29, 1.82) is 0 Å². The highest BCUT2D eigenvalue weighted by molar-refractivity contribution is 7.90. The molecule has 0 aliphatic carbocycles. The summed E-state index contributed by atoms with van der Waals surface area (Å²) in [7, 11) is -3.28. The fourth-order valence-corrected chi connectivity index (χ4v) is 5.37. The summed E-state index contributed by atoms with van der Waals surface area (Å²) in [6.45, 7) is 4.72. The van der Waals surface area contributed by atoms with E-state index in [1.807, 2.05) is 18.2 Å². The van der Waals surface area contributed by atoms with E-state index in [2.05, 4.69) is 26.4 Å². The molecule has 3 heterocycles. The zero-order chi connectivity index (χ0) is 19.8. The van der Waals surface area contributed by atoms with E-state index in [9.17, 15) is 8.42 Å². The number of furan rings is 1. The van der Waals surface area contributed by atoms with Gasteiger partial charge in [-0.25, -0.2) is 13.1 Å². The summed E-state index contributed by atoms with van der Waals surface area (Å²) in [5.74, 6) is 1.69. The predicted molar refractivity (Wildman–Crippen MR) is 113 cm³/mol. The Morgan fingerprint density at radius 3 is 2.96 bits per heavy atom. The minimum absolute atomic E-state index is 0.401. The van der Waals surface area contributed by atoms with Crippen LogP contribution in [-0.4, -0.2) is 57.3 Å². The third kappa shape index (κ3) is 5.83. The number of hydrogen-bond acceptors (Lipinski definition) is 5. The molecule has 9 heteroatoms. The Morgan fingerprint density at radius 2 is 2.25 bits per heavy atom. The number of thiophene rings is 1. The summed E-state index contributed by atoms with van der Waals surface area (Å²) in [4.78, 5) is 8.10. The minimum atomic E-state index is -3.28. The van der Waals surface area contributed by atoms with Gasteiger partial charge in [0.15, 0.2) is 5.96 Å². The first-order valence-electron chi connectivity index (χ1n) is 9.65. The van der Waals surface area contributed by atoms with Crippen molar-refractivity contribution in [3.05, 3.63) is 46.5 Å². The van der Waals surface area contributed by atoms with Crippen molar-refractivity contribution in [2.45, 2.75) is 31.4 Å². The van der Waals surface area contributed by atoms with Crippen LogP contribution in [0.2, 0.25) is 0 Å². The number of likely N-dealkylation sites (tertiary alicyclic amines) is 1. The van der Waals surface area contributed by atoms with Crippen molar-refractivity contribution in [2.24, 2.45) is 4.99 Å². The Hall–Kier alpha value is -1.84. The topological polar surface area (TPSA) is 86.9 Å². The monoisotopic (exact) mass is 424 g/mol. The van der Waals surface area contributed by atoms with Crippen LogP contribution in [0.4, 0.5) is 0 Å². The molecule has 1 atom stereocenters. The molecule has 3 rings (SSSR count). The smallest absolute Gasteiger partial charge is 0.216 e. The van der Waals surface area contributed by atoms with Gasteiger partial charge < -0.3 is 14.6 Å². The number of aliphatic imine (C=N–C) groups is 1. The molecular formula is C19H28N4O3S2. The van der Waals surface area contributed by atoms with Crippen molar-refractivity contribution in [1.82, 2.24) is 14.9 Å². The number of sulfonamides is 1. The molecule has 2 N–H and O–H groups in total. The molecule has 28 heavy (non-hydrogen) atoms. The van der Waals surface area contributed by atoms with Crippen molar-refractivity contribution in [3.63, 3.8) is 0 Å². The van der Waals surface area contributed by atoms with Crippen LogP contribution in [-0.2, 0) is 22.9 Å². The Balaban J connectivity index is 1.61. The van der Waals surface area contributed by atoms with Crippen LogP contribution < -0.4 is 10.0 Å². The van der Waals surface area contributed by atoms with E-state index in [4.69, 9.17) is 9.41 Å². The summed E-state index contributed by atoms with van der Waals surface area (Å²) in [5.41, 5.74) is 0. The number of nitrogens with one attached hydrogen (secondary N) is 2. The molecule has 1 aliphatic rings. The van der Waals surface area contributed by atoms with Crippen LogP contribution in [0, 0.1) is 0 Å². The molecule has 1 fully saturated rings. The lowest BCUT2D eigenvalue weighted by molar-refractivity contribution is 0.478. The minimum Gasteiger partial charge on any atom is -0.469 e. The van der Waals surface area contributed by atoms with E-state index in [1.54, 1.807) is 24.5 Å². The van der Waals surface area contributed by atoms with Gasteiger partial charge in [-0.15, -0.1) is 11.3 Å². The highest BCUT2D eigenvalue weighted by Crippen LogP contribution is 2.17. The number of nitrogens with zero attached hydrogens (tertiary/aromatic N) is 2. The number of hydrogen-bond donors (Lipinski definition) is 2. The molecule has 0 radical (unpaired) electrons. The molecule has 0 amide bonds. The lowest BCUT2D eigenvalue weighted by Gasteiger charge is -2.22. The van der Waals surface area contributed by atoms with Gasteiger partial charge in [0, 0.05) is 50.4 Å². The standard InChI is InChI=1S/C19H28N4O3S2/c1-2-22-28(24,25)18-9-12-23(15-18)19(20-10-7-16-5-3-13-26-16)21-11-8-17-6-4-14-27-17/h3-6,13-14,18,22H,2,7-12,15H2,1H3,(H,20,21). The van der Waals surface area contributed by atoms with Gasteiger partial charge in [0.1, 0.15) is 5.76 Å². The molecule has 1 unspecified atom stereocenters. The molecule has 0 saturated carbocycles. The predicted octanol–water partition coefficient (Wildman–Crippen LogP) is 2.09. The Morgan fingerprint density at radius 1 is 1.36 bits per heavy atom. The van der Waals surface area contributed by atoms with E-state index in [1.165, 1.54) is 4.88 Å². The number of guanidine groups is 1. The van der Waals surface area contributed by atoms with Gasteiger partial charge in [0.05, 0.1) is 11.5 Å². The van der Waals surface area contributed by atoms with Gasteiger partial charge in [0.25, 0.3) is 0 Å².